The molecule has 2 aromatic rings. The molecule has 0 aliphatic carbocycles. The van der Waals surface area contributed by atoms with Crippen LogP contribution in [0.1, 0.15) is 0 Å². The summed E-state index contributed by atoms with van der Waals surface area (Å²) >= 11 is 1.20. The number of rotatable bonds is 3. The molecule has 0 bridgehead atoms. The van der Waals surface area contributed by atoms with Crippen LogP contribution in [0, 0.1) is 0 Å². The van der Waals surface area contributed by atoms with E-state index in [1.807, 2.05) is 0 Å². The van der Waals surface area contributed by atoms with Crippen LogP contribution in [-0.4, -0.2) is 66.0 Å². The van der Waals surface area contributed by atoms with Crippen molar-refractivity contribution in [2.24, 2.45) is 0 Å². The number of aromatic nitrogens is 4. The minimum atomic E-state index is -1.28. The SMILES string of the molecule is CSC1(n2cnc3cncnc32)O[C@H](CO)[C@@H](O)[C@H]1O. The number of aliphatic hydroxyl groups is 3. The molecule has 1 aliphatic rings. The monoisotopic (exact) mass is 298 g/mol. The summed E-state index contributed by atoms with van der Waals surface area (Å²) in [5.74, 6) is 0. The van der Waals surface area contributed by atoms with Crippen molar-refractivity contribution < 1.29 is 20.1 Å². The number of hydrogen-bond acceptors (Lipinski definition) is 8. The van der Waals surface area contributed by atoms with E-state index in [9.17, 15) is 15.3 Å². The largest absolute Gasteiger partial charge is 0.394 e. The van der Waals surface area contributed by atoms with Crippen molar-refractivity contribution in [3.63, 3.8) is 0 Å². The highest BCUT2D eigenvalue weighted by Gasteiger charge is 2.55. The second kappa shape index (κ2) is 4.93. The van der Waals surface area contributed by atoms with Crippen molar-refractivity contribution in [3.8, 4) is 0 Å². The summed E-state index contributed by atoms with van der Waals surface area (Å²) < 4.78 is 7.25. The van der Waals surface area contributed by atoms with Gasteiger partial charge in [-0.15, -0.1) is 11.8 Å². The van der Waals surface area contributed by atoms with Crippen molar-refractivity contribution in [1.82, 2.24) is 19.5 Å². The lowest BCUT2D eigenvalue weighted by molar-refractivity contribution is -0.0773. The topological polar surface area (TPSA) is 114 Å². The highest BCUT2D eigenvalue weighted by atomic mass is 32.2. The summed E-state index contributed by atoms with van der Waals surface area (Å²) in [5, 5.41) is 28.3. The molecule has 1 fully saturated rings. The van der Waals surface area contributed by atoms with E-state index in [1.165, 1.54) is 24.4 Å². The molecular weight excluding hydrogens is 284 g/mol. The number of thioether (sulfide) groups is 1. The van der Waals surface area contributed by atoms with Crippen molar-refractivity contribution in [2.45, 2.75) is 23.4 Å². The predicted octanol–water partition coefficient (Wildman–Crippen LogP) is -1.09. The van der Waals surface area contributed by atoms with Crippen LogP contribution in [0.4, 0.5) is 0 Å². The summed E-state index contributed by atoms with van der Waals surface area (Å²) in [5.41, 5.74) is 1.04. The first-order valence-corrected chi connectivity index (χ1v) is 7.20. The maximum absolute atomic E-state index is 10.3. The van der Waals surface area contributed by atoms with Crippen LogP contribution in [0.5, 0.6) is 0 Å². The van der Waals surface area contributed by atoms with Gasteiger partial charge in [-0.3, -0.25) is 4.57 Å². The van der Waals surface area contributed by atoms with Gasteiger partial charge in [0, 0.05) is 0 Å². The number of ether oxygens (including phenoxy) is 1. The van der Waals surface area contributed by atoms with Gasteiger partial charge in [0.2, 0.25) is 5.06 Å². The van der Waals surface area contributed by atoms with Crippen LogP contribution in [0.15, 0.2) is 18.9 Å². The van der Waals surface area contributed by atoms with Gasteiger partial charge in [0.05, 0.1) is 12.8 Å². The first-order valence-electron chi connectivity index (χ1n) is 5.97. The molecule has 2 aromatic heterocycles. The first kappa shape index (κ1) is 13.7. The van der Waals surface area contributed by atoms with Gasteiger partial charge in [-0.25, -0.2) is 15.0 Å². The number of imidazole rings is 1. The lowest BCUT2D eigenvalue weighted by atomic mass is 10.1. The summed E-state index contributed by atoms with van der Waals surface area (Å²) in [7, 11) is 0. The molecule has 1 unspecified atom stereocenters. The fourth-order valence-corrected chi connectivity index (χ4v) is 3.31. The third-order valence-electron chi connectivity index (χ3n) is 3.42. The van der Waals surface area contributed by atoms with E-state index < -0.39 is 23.4 Å². The third kappa shape index (κ3) is 1.75. The Kier molecular flexibility index (Phi) is 3.38. The van der Waals surface area contributed by atoms with Crippen molar-refractivity contribution >= 4 is 22.9 Å². The fourth-order valence-electron chi connectivity index (χ4n) is 2.38. The Morgan fingerprint density at radius 2 is 2.25 bits per heavy atom. The van der Waals surface area contributed by atoms with Gasteiger partial charge in [-0.2, -0.15) is 0 Å². The zero-order chi connectivity index (χ0) is 14.3. The minimum absolute atomic E-state index is 0.387. The second-order valence-electron chi connectivity index (χ2n) is 4.46. The van der Waals surface area contributed by atoms with Gasteiger partial charge >= 0.3 is 0 Å². The summed E-state index contributed by atoms with van der Waals surface area (Å²) in [6, 6.07) is 0. The van der Waals surface area contributed by atoms with Crippen LogP contribution in [0.2, 0.25) is 0 Å². The molecule has 0 spiro atoms. The summed E-state index contributed by atoms with van der Waals surface area (Å²) in [4.78, 5) is 12.2. The van der Waals surface area contributed by atoms with E-state index in [0.717, 1.165) is 0 Å². The van der Waals surface area contributed by atoms with Crippen LogP contribution in [0.25, 0.3) is 11.2 Å². The summed E-state index contributed by atoms with van der Waals surface area (Å²) in [6.45, 7) is -0.387. The Bertz CT molecular complexity index is 623. The predicted molar refractivity (Wildman–Crippen MR) is 70.8 cm³/mol. The van der Waals surface area contributed by atoms with E-state index in [2.05, 4.69) is 15.0 Å². The molecule has 8 nitrogen and oxygen atoms in total. The smallest absolute Gasteiger partial charge is 0.225 e. The number of aliphatic hydroxyl groups excluding tert-OH is 3. The van der Waals surface area contributed by atoms with E-state index in [-0.39, 0.29) is 6.61 Å². The van der Waals surface area contributed by atoms with Crippen LogP contribution in [0.3, 0.4) is 0 Å². The Balaban J connectivity index is 2.14. The van der Waals surface area contributed by atoms with Crippen LogP contribution in [-0.2, 0) is 9.79 Å². The molecule has 0 amide bonds. The zero-order valence-corrected chi connectivity index (χ0v) is 11.4. The van der Waals surface area contributed by atoms with E-state index in [4.69, 9.17) is 4.74 Å². The zero-order valence-electron chi connectivity index (χ0n) is 10.6. The number of hydrogen-bond donors (Lipinski definition) is 3. The number of fused-ring (bicyclic) bond motifs is 1. The average molecular weight is 298 g/mol. The third-order valence-corrected chi connectivity index (χ3v) is 4.54. The van der Waals surface area contributed by atoms with Crippen molar-refractivity contribution in [3.05, 3.63) is 18.9 Å². The van der Waals surface area contributed by atoms with Gasteiger partial charge in [0.15, 0.2) is 5.65 Å². The average Bonchev–Trinajstić information content (AvgIpc) is 3.01. The maximum atomic E-state index is 10.3. The fraction of sp³-hybridized carbons (Fsp3) is 0.545. The molecule has 3 N–H and O–H groups in total. The Hall–Kier alpha value is -1.26. The highest BCUT2D eigenvalue weighted by molar-refractivity contribution is 7.99. The van der Waals surface area contributed by atoms with Crippen molar-refractivity contribution in [1.29, 1.82) is 0 Å². The molecule has 4 atom stereocenters. The molecule has 1 aliphatic heterocycles. The molecule has 0 radical (unpaired) electrons. The molecule has 20 heavy (non-hydrogen) atoms. The van der Waals surface area contributed by atoms with Crippen molar-refractivity contribution in [2.75, 3.05) is 12.9 Å². The normalized spacial score (nSPS) is 33.9. The maximum Gasteiger partial charge on any atom is 0.225 e. The molecule has 3 rings (SSSR count). The molecule has 0 aromatic carbocycles. The molecule has 9 heteroatoms. The summed E-state index contributed by atoms with van der Waals surface area (Å²) in [6.07, 6.45) is 2.86. The van der Waals surface area contributed by atoms with E-state index in [0.29, 0.717) is 11.2 Å². The van der Waals surface area contributed by atoms with E-state index in [1.54, 1.807) is 17.0 Å². The Morgan fingerprint density at radius 1 is 1.45 bits per heavy atom. The number of nitrogens with zero attached hydrogens (tertiary/aromatic N) is 4. The van der Waals surface area contributed by atoms with Gasteiger partial charge in [0.25, 0.3) is 0 Å². The second-order valence-corrected chi connectivity index (χ2v) is 5.45. The lowest BCUT2D eigenvalue weighted by Crippen LogP contribution is -2.42. The molecule has 0 saturated carbocycles. The van der Waals surface area contributed by atoms with Gasteiger partial charge < -0.3 is 20.1 Å². The molecule has 3 heterocycles. The van der Waals surface area contributed by atoms with Gasteiger partial charge in [-0.05, 0) is 6.26 Å². The molecule has 1 saturated heterocycles. The molecule has 108 valence electrons. The van der Waals surface area contributed by atoms with Gasteiger partial charge in [-0.1, -0.05) is 0 Å². The highest BCUT2D eigenvalue weighted by Crippen LogP contribution is 2.44. The van der Waals surface area contributed by atoms with E-state index >= 15 is 0 Å². The quantitative estimate of drug-likeness (QED) is 0.655. The Labute approximate surface area is 118 Å². The minimum Gasteiger partial charge on any atom is -0.394 e. The standard InChI is InChI=1S/C11H14N4O4S/c1-20-11(9(18)8(17)7(3-16)19-11)15-5-14-6-2-12-4-13-10(6)15/h2,4-5,7-9,16-18H,3H2,1H3/t7-,8-,9-,11?/m1/s1. The Morgan fingerprint density at radius 3 is 2.90 bits per heavy atom. The molecular formula is C11H14N4O4S. The first-order chi connectivity index (χ1) is 9.64. The van der Waals surface area contributed by atoms with Gasteiger partial charge in [0.1, 0.15) is 36.5 Å². The van der Waals surface area contributed by atoms with Crippen LogP contribution < -0.4 is 0 Å². The lowest BCUT2D eigenvalue weighted by Gasteiger charge is -2.31. The van der Waals surface area contributed by atoms with Crippen LogP contribution >= 0.6 is 11.8 Å².